The molecule has 2 heterocycles. The van der Waals surface area contributed by atoms with E-state index in [9.17, 15) is 9.59 Å². The molecule has 0 bridgehead atoms. The van der Waals surface area contributed by atoms with Crippen LogP contribution < -0.4 is 5.32 Å². The fraction of sp³-hybridized carbons (Fsp3) is 0.238. The van der Waals surface area contributed by atoms with E-state index in [0.717, 1.165) is 39.7 Å². The average Bonchev–Trinajstić information content (AvgIpc) is 2.97. The lowest BCUT2D eigenvalue weighted by Crippen LogP contribution is -2.25. The minimum Gasteiger partial charge on any atom is -0.453 e. The minimum absolute atomic E-state index is 0.0221. The zero-order valence-electron chi connectivity index (χ0n) is 15.3. The molecule has 0 fully saturated rings. The molecule has 0 saturated carbocycles. The number of hydrogen-bond acceptors (Lipinski definition) is 3. The summed E-state index contributed by atoms with van der Waals surface area (Å²) in [6, 6.07) is 13.9. The maximum absolute atomic E-state index is 12.3. The van der Waals surface area contributed by atoms with Crippen molar-refractivity contribution in [3.8, 4) is 11.3 Å². The van der Waals surface area contributed by atoms with E-state index in [-0.39, 0.29) is 12.0 Å². The van der Waals surface area contributed by atoms with Gasteiger partial charge in [0.15, 0.2) is 0 Å². The third-order valence-electron chi connectivity index (χ3n) is 4.98. The molecule has 2 N–H and O–H groups in total. The van der Waals surface area contributed by atoms with Gasteiger partial charge in [-0.05, 0) is 35.2 Å². The van der Waals surface area contributed by atoms with E-state index in [1.807, 2.05) is 42.5 Å². The van der Waals surface area contributed by atoms with Crippen molar-refractivity contribution in [2.24, 2.45) is 0 Å². The largest absolute Gasteiger partial charge is 0.453 e. The van der Waals surface area contributed by atoms with Gasteiger partial charge in [-0.2, -0.15) is 0 Å². The van der Waals surface area contributed by atoms with E-state index in [4.69, 9.17) is 4.74 Å². The van der Waals surface area contributed by atoms with Gasteiger partial charge in [0.2, 0.25) is 0 Å². The van der Waals surface area contributed by atoms with Crippen LogP contribution in [-0.2, 0) is 17.7 Å². The Balaban J connectivity index is 1.71. The molecule has 3 aromatic rings. The van der Waals surface area contributed by atoms with Crippen molar-refractivity contribution in [1.29, 1.82) is 0 Å². The molecule has 2 amide bonds. The molecule has 0 unspecified atom stereocenters. The van der Waals surface area contributed by atoms with E-state index < -0.39 is 0 Å². The summed E-state index contributed by atoms with van der Waals surface area (Å²) in [5.41, 5.74) is 5.99. The Morgan fingerprint density at radius 1 is 1.19 bits per heavy atom. The molecular formula is C21H21N3O3. The van der Waals surface area contributed by atoms with Crippen molar-refractivity contribution in [2.45, 2.75) is 13.0 Å². The first-order valence-electron chi connectivity index (χ1n) is 8.88. The molecule has 6 nitrogen and oxygen atoms in total. The highest BCUT2D eigenvalue weighted by atomic mass is 16.5. The number of carbonyl (C=O) groups is 2. The van der Waals surface area contributed by atoms with Crippen LogP contribution in [0.3, 0.4) is 0 Å². The van der Waals surface area contributed by atoms with Gasteiger partial charge in [-0.15, -0.1) is 0 Å². The SMILES string of the molecule is COC(=O)N(C)Cc1ccc(-c2[nH]c3cccc4c3c2CCNC4=O)cc1. The van der Waals surface area contributed by atoms with Crippen LogP contribution in [-0.4, -0.2) is 42.6 Å². The van der Waals surface area contributed by atoms with Crippen LogP contribution >= 0.6 is 0 Å². The molecular weight excluding hydrogens is 342 g/mol. The first-order chi connectivity index (χ1) is 13.1. The van der Waals surface area contributed by atoms with Crippen LogP contribution in [0.25, 0.3) is 22.2 Å². The Morgan fingerprint density at radius 2 is 1.96 bits per heavy atom. The van der Waals surface area contributed by atoms with Crippen molar-refractivity contribution >= 4 is 22.9 Å². The summed E-state index contributed by atoms with van der Waals surface area (Å²) < 4.78 is 4.73. The lowest BCUT2D eigenvalue weighted by atomic mass is 10.00. The zero-order valence-corrected chi connectivity index (χ0v) is 15.3. The summed E-state index contributed by atoms with van der Waals surface area (Å²) >= 11 is 0. The van der Waals surface area contributed by atoms with E-state index >= 15 is 0 Å². The third-order valence-corrected chi connectivity index (χ3v) is 4.98. The number of methoxy groups -OCH3 is 1. The van der Waals surface area contributed by atoms with Crippen molar-refractivity contribution < 1.29 is 14.3 Å². The van der Waals surface area contributed by atoms with Gasteiger partial charge in [0, 0.05) is 42.3 Å². The van der Waals surface area contributed by atoms with E-state index in [2.05, 4.69) is 10.3 Å². The number of ether oxygens (including phenoxy) is 1. The van der Waals surface area contributed by atoms with E-state index in [1.165, 1.54) is 17.6 Å². The van der Waals surface area contributed by atoms with E-state index in [1.54, 1.807) is 7.05 Å². The summed E-state index contributed by atoms with van der Waals surface area (Å²) in [6.45, 7) is 1.10. The first kappa shape index (κ1) is 17.1. The highest BCUT2D eigenvalue weighted by Crippen LogP contribution is 2.34. The summed E-state index contributed by atoms with van der Waals surface area (Å²) in [5.74, 6) is -0.0221. The Morgan fingerprint density at radius 3 is 2.70 bits per heavy atom. The molecule has 0 saturated heterocycles. The molecule has 1 aliphatic heterocycles. The number of aromatic nitrogens is 1. The second-order valence-corrected chi connectivity index (χ2v) is 6.74. The summed E-state index contributed by atoms with van der Waals surface area (Å²) in [7, 11) is 3.08. The van der Waals surface area contributed by atoms with Crippen LogP contribution in [0.2, 0.25) is 0 Å². The molecule has 6 heteroatoms. The highest BCUT2D eigenvalue weighted by molar-refractivity contribution is 6.10. The van der Waals surface area contributed by atoms with Gasteiger partial charge in [-0.25, -0.2) is 4.79 Å². The smallest absolute Gasteiger partial charge is 0.409 e. The monoisotopic (exact) mass is 363 g/mol. The third kappa shape index (κ3) is 3.03. The van der Waals surface area contributed by atoms with Crippen LogP contribution in [0, 0.1) is 0 Å². The number of rotatable bonds is 3. The number of nitrogens with zero attached hydrogens (tertiary/aromatic N) is 1. The zero-order chi connectivity index (χ0) is 19.0. The maximum Gasteiger partial charge on any atom is 0.409 e. The van der Waals surface area contributed by atoms with Gasteiger partial charge in [0.05, 0.1) is 7.11 Å². The molecule has 0 aliphatic carbocycles. The van der Waals surface area contributed by atoms with Crippen molar-refractivity contribution in [2.75, 3.05) is 20.7 Å². The predicted octanol–water partition coefficient (Wildman–Crippen LogP) is 3.32. The quantitative estimate of drug-likeness (QED) is 0.750. The van der Waals surface area contributed by atoms with Crippen LogP contribution in [0.5, 0.6) is 0 Å². The van der Waals surface area contributed by atoms with Gasteiger partial charge in [0.25, 0.3) is 5.91 Å². The topological polar surface area (TPSA) is 74.4 Å². The molecule has 1 aromatic heterocycles. The first-order valence-corrected chi connectivity index (χ1v) is 8.88. The summed E-state index contributed by atoms with van der Waals surface area (Å²) in [4.78, 5) is 28.9. The highest BCUT2D eigenvalue weighted by Gasteiger charge is 2.22. The Hall–Kier alpha value is -3.28. The van der Waals surface area contributed by atoms with E-state index in [0.29, 0.717) is 13.1 Å². The van der Waals surface area contributed by atoms with Crippen molar-refractivity contribution in [3.63, 3.8) is 0 Å². The molecule has 0 radical (unpaired) electrons. The number of carbonyl (C=O) groups excluding carboxylic acids is 2. The van der Waals surface area contributed by atoms with Gasteiger partial charge in [-0.3, -0.25) is 4.79 Å². The molecule has 0 spiro atoms. The molecule has 1 aliphatic rings. The number of hydrogen-bond donors (Lipinski definition) is 2. The lowest BCUT2D eigenvalue weighted by Gasteiger charge is -2.15. The van der Waals surface area contributed by atoms with Crippen molar-refractivity contribution in [3.05, 3.63) is 59.2 Å². The minimum atomic E-state index is -0.361. The molecule has 27 heavy (non-hydrogen) atoms. The Kier molecular flexibility index (Phi) is 4.32. The fourth-order valence-electron chi connectivity index (χ4n) is 3.67. The van der Waals surface area contributed by atoms with Crippen LogP contribution in [0.15, 0.2) is 42.5 Å². The summed E-state index contributed by atoms with van der Waals surface area (Å²) in [6.07, 6.45) is 0.422. The normalized spacial score (nSPS) is 13.2. The maximum atomic E-state index is 12.3. The number of H-pyrrole nitrogens is 1. The Bertz CT molecular complexity index is 1020. The second kappa shape index (κ2) is 6.79. The predicted molar refractivity (Wildman–Crippen MR) is 104 cm³/mol. The lowest BCUT2D eigenvalue weighted by molar-refractivity contribution is 0.0957. The molecule has 0 atom stereocenters. The number of nitrogens with one attached hydrogen (secondary N) is 2. The summed E-state index contributed by atoms with van der Waals surface area (Å²) in [5, 5.41) is 3.97. The molecule has 138 valence electrons. The van der Waals surface area contributed by atoms with Gasteiger partial charge in [0.1, 0.15) is 0 Å². The van der Waals surface area contributed by atoms with Crippen LogP contribution in [0.4, 0.5) is 4.79 Å². The second-order valence-electron chi connectivity index (χ2n) is 6.74. The average molecular weight is 363 g/mol. The standard InChI is InChI=1S/C21H21N3O3/c1-24(21(26)27-2)12-13-6-8-14(9-7-13)19-15-10-11-22-20(25)16-4-3-5-17(23-19)18(15)16/h3-9,23H,10-12H2,1-2H3,(H,22,25). The molecule has 4 rings (SSSR count). The van der Waals surface area contributed by atoms with Crippen molar-refractivity contribution in [1.82, 2.24) is 15.2 Å². The molecule has 2 aromatic carbocycles. The fourth-order valence-corrected chi connectivity index (χ4v) is 3.67. The Labute approximate surface area is 157 Å². The number of aromatic amines is 1. The van der Waals surface area contributed by atoms with Gasteiger partial charge >= 0.3 is 6.09 Å². The van der Waals surface area contributed by atoms with Crippen LogP contribution in [0.1, 0.15) is 21.5 Å². The number of amides is 2. The number of benzene rings is 2. The van der Waals surface area contributed by atoms with Gasteiger partial charge in [-0.1, -0.05) is 30.3 Å². The van der Waals surface area contributed by atoms with Gasteiger partial charge < -0.3 is 19.9 Å².